The average Bonchev–Trinajstić information content (AvgIpc) is 3.13. The van der Waals surface area contributed by atoms with E-state index in [1.807, 2.05) is 18.2 Å². The fourth-order valence-corrected chi connectivity index (χ4v) is 4.10. The van der Waals surface area contributed by atoms with E-state index in [0.717, 1.165) is 11.1 Å². The molecular weight excluding hydrogens is 415 g/mol. The van der Waals surface area contributed by atoms with E-state index in [4.69, 9.17) is 14.2 Å². The molecule has 168 valence electrons. The smallest absolute Gasteiger partial charge is 0.340 e. The van der Waals surface area contributed by atoms with Crippen LogP contribution in [0.1, 0.15) is 16.7 Å². The number of carbonyl (C=O) groups excluding carboxylic acids is 1. The first kappa shape index (κ1) is 22.1. The molecule has 0 spiro atoms. The molecule has 7 nitrogen and oxygen atoms in total. The first-order chi connectivity index (χ1) is 15.5. The Balaban J connectivity index is 1.63. The van der Waals surface area contributed by atoms with Crippen molar-refractivity contribution in [3.63, 3.8) is 0 Å². The third-order valence-corrected chi connectivity index (χ3v) is 5.83. The number of hydrogen-bond donors (Lipinski definition) is 1. The summed E-state index contributed by atoms with van der Waals surface area (Å²) in [6.07, 6.45) is 0. The largest absolute Gasteiger partial charge is 0.488 e. The molecule has 1 heterocycles. The van der Waals surface area contributed by atoms with E-state index in [1.54, 1.807) is 19.2 Å². The number of aliphatic imine (C=N–C) groups is 1. The number of carbonyl (C=O) groups is 1. The van der Waals surface area contributed by atoms with E-state index in [1.165, 1.54) is 19.2 Å². The molecule has 0 unspecified atom stereocenters. The third kappa shape index (κ3) is 4.29. The van der Waals surface area contributed by atoms with Crippen LogP contribution < -0.4 is 4.74 Å². The number of morpholine rings is 1. The van der Waals surface area contributed by atoms with Gasteiger partial charge >= 0.3 is 5.97 Å². The SMILES string of the molecule is C/N=C1/C(C(=O)OC)=C(c2ccc(F)cc2)c2ccc(OCC[N+]3(O)CCOCC3)cc21. The van der Waals surface area contributed by atoms with Crippen LogP contribution in [-0.4, -0.2) is 75.1 Å². The average molecular weight is 441 g/mol. The number of hydroxylamine groups is 3. The van der Waals surface area contributed by atoms with Gasteiger partial charge in [0.1, 0.15) is 37.8 Å². The molecule has 2 aromatic carbocycles. The Morgan fingerprint density at radius 2 is 1.88 bits per heavy atom. The number of rotatable bonds is 6. The van der Waals surface area contributed by atoms with Crippen molar-refractivity contribution in [2.45, 2.75) is 0 Å². The molecule has 32 heavy (non-hydrogen) atoms. The van der Waals surface area contributed by atoms with Crippen molar-refractivity contribution < 1.29 is 33.2 Å². The normalized spacial score (nSPS) is 18.6. The van der Waals surface area contributed by atoms with Gasteiger partial charge in [-0.05, 0) is 41.5 Å². The Labute approximate surface area is 185 Å². The molecule has 0 atom stereocenters. The van der Waals surface area contributed by atoms with Crippen LogP contribution in [0, 0.1) is 5.82 Å². The van der Waals surface area contributed by atoms with Crippen molar-refractivity contribution in [1.82, 2.24) is 0 Å². The highest BCUT2D eigenvalue weighted by Gasteiger charge is 2.34. The van der Waals surface area contributed by atoms with E-state index in [9.17, 15) is 14.4 Å². The van der Waals surface area contributed by atoms with E-state index >= 15 is 0 Å². The Bertz CT molecular complexity index is 1070. The molecule has 0 saturated carbocycles. The van der Waals surface area contributed by atoms with Gasteiger partial charge in [-0.2, -0.15) is 4.65 Å². The lowest BCUT2D eigenvalue weighted by atomic mass is 9.97. The van der Waals surface area contributed by atoms with Crippen molar-refractivity contribution in [2.75, 3.05) is 53.6 Å². The van der Waals surface area contributed by atoms with Crippen molar-refractivity contribution in [3.8, 4) is 5.75 Å². The van der Waals surface area contributed by atoms with Crippen molar-refractivity contribution >= 4 is 17.3 Å². The highest BCUT2D eigenvalue weighted by molar-refractivity contribution is 6.37. The molecule has 4 rings (SSSR count). The lowest BCUT2D eigenvalue weighted by Crippen LogP contribution is -2.54. The van der Waals surface area contributed by atoms with Crippen LogP contribution in [-0.2, 0) is 14.3 Å². The molecule has 2 aliphatic rings. The van der Waals surface area contributed by atoms with E-state index < -0.39 is 5.97 Å². The van der Waals surface area contributed by atoms with Crippen LogP contribution in [0.15, 0.2) is 53.0 Å². The van der Waals surface area contributed by atoms with Gasteiger partial charge in [-0.1, -0.05) is 12.1 Å². The molecule has 0 amide bonds. The second-order valence-electron chi connectivity index (χ2n) is 7.75. The molecular formula is C24H26FN2O5+. The standard InChI is InChI=1S/C24H26FN2O5/c1-26-23-20-15-18(32-14-11-27(29)9-12-31-13-10-27)7-8-19(20)21(22(23)24(28)30-2)16-3-5-17(25)6-4-16/h3-8,15,29H,9-14H2,1-2H3/q+1/b26-23+. The molecule has 1 saturated heterocycles. The minimum atomic E-state index is -0.511. The summed E-state index contributed by atoms with van der Waals surface area (Å²) in [5.41, 5.74) is 3.71. The van der Waals surface area contributed by atoms with Crippen LogP contribution in [0.2, 0.25) is 0 Å². The third-order valence-electron chi connectivity index (χ3n) is 5.83. The van der Waals surface area contributed by atoms with Gasteiger partial charge in [-0.15, -0.1) is 0 Å². The van der Waals surface area contributed by atoms with Gasteiger partial charge in [-0.3, -0.25) is 4.99 Å². The van der Waals surface area contributed by atoms with Gasteiger partial charge in [-0.25, -0.2) is 14.4 Å². The zero-order valence-corrected chi connectivity index (χ0v) is 18.1. The monoisotopic (exact) mass is 441 g/mol. The first-order valence-electron chi connectivity index (χ1n) is 10.5. The van der Waals surface area contributed by atoms with Gasteiger partial charge in [0.05, 0.1) is 31.6 Å². The number of hydrogen-bond acceptors (Lipinski definition) is 6. The summed E-state index contributed by atoms with van der Waals surface area (Å²) >= 11 is 0. The van der Waals surface area contributed by atoms with Gasteiger partial charge < -0.3 is 14.2 Å². The fraction of sp³-hybridized carbons (Fsp3) is 0.333. The minimum absolute atomic E-state index is 0.0740. The second kappa shape index (κ2) is 9.20. The lowest BCUT2D eigenvalue weighted by molar-refractivity contribution is -1.11. The zero-order chi connectivity index (χ0) is 22.7. The molecule has 0 aromatic heterocycles. The molecule has 1 N–H and O–H groups in total. The van der Waals surface area contributed by atoms with Crippen molar-refractivity contribution in [1.29, 1.82) is 0 Å². The van der Waals surface area contributed by atoms with Crippen LogP contribution in [0.5, 0.6) is 5.75 Å². The Hall–Kier alpha value is -3.07. The van der Waals surface area contributed by atoms with Gasteiger partial charge in [0.2, 0.25) is 0 Å². The van der Waals surface area contributed by atoms with Crippen molar-refractivity contribution in [2.24, 2.45) is 4.99 Å². The zero-order valence-electron chi connectivity index (χ0n) is 18.1. The fourth-order valence-electron chi connectivity index (χ4n) is 4.10. The molecule has 0 bridgehead atoms. The maximum atomic E-state index is 13.5. The Morgan fingerprint density at radius 1 is 1.16 bits per heavy atom. The van der Waals surface area contributed by atoms with Gasteiger partial charge in [0, 0.05) is 18.2 Å². The second-order valence-corrected chi connectivity index (χ2v) is 7.75. The van der Waals surface area contributed by atoms with E-state index in [2.05, 4.69) is 4.99 Å². The summed E-state index contributed by atoms with van der Waals surface area (Å²) in [4.78, 5) is 17.0. The highest BCUT2D eigenvalue weighted by Crippen LogP contribution is 2.40. The molecule has 1 fully saturated rings. The predicted octanol–water partition coefficient (Wildman–Crippen LogP) is 2.85. The van der Waals surface area contributed by atoms with Gasteiger partial charge in [0.15, 0.2) is 0 Å². The van der Waals surface area contributed by atoms with Crippen molar-refractivity contribution in [3.05, 3.63) is 70.5 Å². The van der Waals surface area contributed by atoms with Crippen LogP contribution in [0.4, 0.5) is 4.39 Å². The number of fused-ring (bicyclic) bond motifs is 1. The summed E-state index contributed by atoms with van der Waals surface area (Å²) in [7, 11) is 2.93. The number of halogens is 1. The quantitative estimate of drug-likeness (QED) is 0.551. The lowest BCUT2D eigenvalue weighted by Gasteiger charge is -2.33. The number of quaternary nitrogens is 1. The van der Waals surface area contributed by atoms with Crippen LogP contribution >= 0.6 is 0 Å². The molecule has 1 aliphatic carbocycles. The Kier molecular flexibility index (Phi) is 6.36. The van der Waals surface area contributed by atoms with Crippen LogP contribution in [0.25, 0.3) is 5.57 Å². The van der Waals surface area contributed by atoms with E-state index in [-0.39, 0.29) is 10.5 Å². The van der Waals surface area contributed by atoms with E-state index in [0.29, 0.717) is 67.6 Å². The Morgan fingerprint density at radius 3 is 2.53 bits per heavy atom. The topological polar surface area (TPSA) is 77.4 Å². The number of benzene rings is 2. The highest BCUT2D eigenvalue weighted by atomic mass is 19.1. The summed E-state index contributed by atoms with van der Waals surface area (Å²) in [6, 6.07) is 11.5. The maximum Gasteiger partial charge on any atom is 0.340 e. The summed E-state index contributed by atoms with van der Waals surface area (Å²) < 4.78 is 29.7. The maximum absolute atomic E-state index is 13.5. The van der Waals surface area contributed by atoms with Crippen LogP contribution in [0.3, 0.4) is 0 Å². The predicted molar refractivity (Wildman–Crippen MR) is 116 cm³/mol. The summed E-state index contributed by atoms with van der Waals surface area (Å²) in [5, 5.41) is 10.6. The first-order valence-corrected chi connectivity index (χ1v) is 10.5. The molecule has 0 radical (unpaired) electrons. The summed E-state index contributed by atoms with van der Waals surface area (Å²) in [5.74, 6) is -0.262. The summed E-state index contributed by atoms with van der Waals surface area (Å²) in [6.45, 7) is 2.90. The molecule has 2 aromatic rings. The number of ether oxygens (including phenoxy) is 3. The number of methoxy groups -OCH3 is 1. The number of esters is 1. The number of nitrogens with zero attached hydrogens (tertiary/aromatic N) is 2. The molecule has 1 aliphatic heterocycles. The van der Waals surface area contributed by atoms with Gasteiger partial charge in [0.25, 0.3) is 0 Å². The minimum Gasteiger partial charge on any atom is -0.488 e. The molecule has 8 heteroatoms.